The number of nitrogens with one attached hydrogen (secondary N) is 1. The number of benzene rings is 2. The second-order valence-electron chi connectivity index (χ2n) is 7.23. The van der Waals surface area contributed by atoms with Crippen molar-refractivity contribution in [3.63, 3.8) is 0 Å². The molecule has 0 atom stereocenters. The summed E-state index contributed by atoms with van der Waals surface area (Å²) in [4.78, 5) is 27.1. The SMILES string of the molecule is CC1(C)C(=O)Nc2ccccc2N1C(=O)CSc1nnc(COc2ccccc2Cl)o1. The van der Waals surface area contributed by atoms with E-state index >= 15 is 0 Å². The molecule has 1 N–H and O–H groups in total. The molecule has 0 unspecified atom stereocenters. The summed E-state index contributed by atoms with van der Waals surface area (Å²) in [6, 6.07) is 14.3. The molecule has 0 bridgehead atoms. The van der Waals surface area contributed by atoms with E-state index in [4.69, 9.17) is 20.8 Å². The smallest absolute Gasteiger partial charge is 0.277 e. The molecule has 8 nitrogen and oxygen atoms in total. The lowest BCUT2D eigenvalue weighted by molar-refractivity contribution is -0.125. The zero-order valence-corrected chi connectivity index (χ0v) is 18.4. The van der Waals surface area contributed by atoms with E-state index in [0.717, 1.165) is 11.8 Å². The van der Waals surface area contributed by atoms with Crippen LogP contribution in [0.3, 0.4) is 0 Å². The van der Waals surface area contributed by atoms with Crippen molar-refractivity contribution < 1.29 is 18.7 Å². The Morgan fingerprint density at radius 1 is 1.19 bits per heavy atom. The molecular weight excluding hydrogens is 440 g/mol. The van der Waals surface area contributed by atoms with Crippen molar-refractivity contribution in [3.8, 4) is 5.75 Å². The van der Waals surface area contributed by atoms with Crippen LogP contribution in [0.5, 0.6) is 5.75 Å². The van der Waals surface area contributed by atoms with Crippen molar-refractivity contribution in [3.05, 3.63) is 59.4 Å². The molecule has 160 valence electrons. The maximum Gasteiger partial charge on any atom is 0.277 e. The highest BCUT2D eigenvalue weighted by atomic mass is 35.5. The number of carbonyl (C=O) groups excluding carboxylic acids is 2. The first-order valence-electron chi connectivity index (χ1n) is 9.42. The number of hydrogen-bond donors (Lipinski definition) is 1. The first-order chi connectivity index (χ1) is 14.9. The first kappa shape index (κ1) is 21.2. The fourth-order valence-corrected chi connectivity index (χ4v) is 3.96. The summed E-state index contributed by atoms with van der Waals surface area (Å²) in [5.74, 6) is 0.303. The molecule has 0 saturated heterocycles. The fourth-order valence-electron chi connectivity index (χ4n) is 3.14. The molecule has 4 rings (SSSR count). The van der Waals surface area contributed by atoms with E-state index in [-0.39, 0.29) is 35.3 Å². The summed E-state index contributed by atoms with van der Waals surface area (Å²) in [6.07, 6.45) is 0. The fraction of sp³-hybridized carbons (Fsp3) is 0.238. The lowest BCUT2D eigenvalue weighted by atomic mass is 9.96. The number of thioether (sulfide) groups is 1. The summed E-state index contributed by atoms with van der Waals surface area (Å²) in [6.45, 7) is 3.47. The Labute approximate surface area is 187 Å². The average molecular weight is 459 g/mol. The van der Waals surface area contributed by atoms with E-state index in [2.05, 4.69) is 15.5 Å². The maximum atomic E-state index is 13.0. The predicted octanol–water partition coefficient (Wildman–Crippen LogP) is 4.16. The second-order valence-corrected chi connectivity index (χ2v) is 8.56. The second kappa shape index (κ2) is 8.60. The predicted molar refractivity (Wildman–Crippen MR) is 117 cm³/mol. The molecule has 0 spiro atoms. The van der Waals surface area contributed by atoms with Gasteiger partial charge in [-0.1, -0.05) is 47.6 Å². The summed E-state index contributed by atoms with van der Waals surface area (Å²) in [5, 5.41) is 11.4. The summed E-state index contributed by atoms with van der Waals surface area (Å²) < 4.78 is 11.1. The monoisotopic (exact) mass is 458 g/mol. The van der Waals surface area contributed by atoms with Crippen LogP contribution in [0.4, 0.5) is 11.4 Å². The number of fused-ring (bicyclic) bond motifs is 1. The van der Waals surface area contributed by atoms with Gasteiger partial charge in [-0.2, -0.15) is 0 Å². The molecule has 31 heavy (non-hydrogen) atoms. The van der Waals surface area contributed by atoms with Crippen molar-refractivity contribution in [1.82, 2.24) is 10.2 Å². The van der Waals surface area contributed by atoms with Crippen molar-refractivity contribution >= 4 is 46.6 Å². The minimum absolute atomic E-state index is 0.0258. The van der Waals surface area contributed by atoms with Gasteiger partial charge in [-0.05, 0) is 38.1 Å². The Balaban J connectivity index is 1.41. The van der Waals surface area contributed by atoms with Crippen LogP contribution in [0, 0.1) is 0 Å². The number of hydrogen-bond acceptors (Lipinski definition) is 7. The van der Waals surface area contributed by atoms with E-state index in [0.29, 0.717) is 22.1 Å². The molecule has 0 radical (unpaired) electrons. The lowest BCUT2D eigenvalue weighted by Crippen LogP contribution is -2.58. The van der Waals surface area contributed by atoms with Crippen molar-refractivity contribution in [2.24, 2.45) is 0 Å². The van der Waals surface area contributed by atoms with Gasteiger partial charge in [0, 0.05) is 0 Å². The van der Waals surface area contributed by atoms with E-state index in [1.165, 1.54) is 4.90 Å². The zero-order valence-electron chi connectivity index (χ0n) is 16.8. The van der Waals surface area contributed by atoms with Crippen LogP contribution in [0.15, 0.2) is 58.2 Å². The minimum Gasteiger partial charge on any atom is -0.482 e. The molecule has 0 aliphatic carbocycles. The number of para-hydroxylation sites is 3. The van der Waals surface area contributed by atoms with Crippen LogP contribution in [-0.4, -0.2) is 33.3 Å². The van der Waals surface area contributed by atoms with Gasteiger partial charge in [0.05, 0.1) is 22.2 Å². The quantitative estimate of drug-likeness (QED) is 0.554. The summed E-state index contributed by atoms with van der Waals surface area (Å²) in [5.41, 5.74) is 0.216. The standard InChI is InChI=1S/C21H19ClN4O4S/c1-21(2)19(28)23-14-8-4-5-9-15(14)26(21)18(27)12-31-20-25-24-17(30-20)11-29-16-10-6-3-7-13(16)22/h3-10H,11-12H2,1-2H3,(H,23,28). The molecule has 1 aromatic heterocycles. The van der Waals surface area contributed by atoms with Gasteiger partial charge in [-0.25, -0.2) is 0 Å². The topological polar surface area (TPSA) is 97.6 Å². The Morgan fingerprint density at radius 3 is 2.74 bits per heavy atom. The number of carbonyl (C=O) groups is 2. The number of nitrogens with zero attached hydrogens (tertiary/aromatic N) is 3. The van der Waals surface area contributed by atoms with Crippen LogP contribution >= 0.6 is 23.4 Å². The molecule has 1 aliphatic heterocycles. The van der Waals surface area contributed by atoms with Gasteiger partial charge in [-0.3, -0.25) is 14.5 Å². The molecule has 0 saturated carbocycles. The molecule has 2 heterocycles. The molecule has 2 aromatic carbocycles. The van der Waals surface area contributed by atoms with Gasteiger partial charge < -0.3 is 14.5 Å². The molecule has 10 heteroatoms. The van der Waals surface area contributed by atoms with E-state index < -0.39 is 5.54 Å². The third-order valence-corrected chi connectivity index (χ3v) is 5.83. The van der Waals surface area contributed by atoms with Crippen molar-refractivity contribution in [2.45, 2.75) is 31.2 Å². The van der Waals surface area contributed by atoms with Crippen LogP contribution in [0.25, 0.3) is 0 Å². The van der Waals surface area contributed by atoms with Gasteiger partial charge in [0.25, 0.3) is 11.1 Å². The van der Waals surface area contributed by atoms with E-state index in [1.54, 1.807) is 50.2 Å². The zero-order chi connectivity index (χ0) is 22.0. The third kappa shape index (κ3) is 4.38. The molecule has 1 aliphatic rings. The Bertz CT molecular complexity index is 1130. The Morgan fingerprint density at radius 2 is 1.94 bits per heavy atom. The number of ether oxygens (including phenoxy) is 1. The third-order valence-electron chi connectivity index (χ3n) is 4.71. The number of aromatic nitrogens is 2. The van der Waals surface area contributed by atoms with Crippen LogP contribution in [0.2, 0.25) is 5.02 Å². The summed E-state index contributed by atoms with van der Waals surface area (Å²) >= 11 is 7.16. The molecular formula is C21H19ClN4O4S. The van der Waals surface area contributed by atoms with Gasteiger partial charge in [-0.15, -0.1) is 10.2 Å². The van der Waals surface area contributed by atoms with Gasteiger partial charge in [0.2, 0.25) is 11.8 Å². The van der Waals surface area contributed by atoms with Crippen LogP contribution < -0.4 is 15.0 Å². The molecule has 0 fully saturated rings. The molecule has 3 aromatic rings. The van der Waals surface area contributed by atoms with E-state index in [9.17, 15) is 9.59 Å². The lowest BCUT2D eigenvalue weighted by Gasteiger charge is -2.42. The highest BCUT2D eigenvalue weighted by molar-refractivity contribution is 7.99. The number of rotatable bonds is 6. The normalized spacial score (nSPS) is 14.7. The average Bonchev–Trinajstić information content (AvgIpc) is 3.20. The van der Waals surface area contributed by atoms with Gasteiger partial charge in [0.1, 0.15) is 11.3 Å². The maximum absolute atomic E-state index is 13.0. The molecule has 2 amide bonds. The highest BCUT2D eigenvalue weighted by Crippen LogP contribution is 2.37. The van der Waals surface area contributed by atoms with Gasteiger partial charge in [0.15, 0.2) is 6.61 Å². The largest absolute Gasteiger partial charge is 0.482 e. The van der Waals surface area contributed by atoms with Gasteiger partial charge >= 0.3 is 0 Å². The van der Waals surface area contributed by atoms with Crippen LogP contribution in [-0.2, 0) is 16.2 Å². The Hall–Kier alpha value is -3.04. The summed E-state index contributed by atoms with van der Waals surface area (Å²) in [7, 11) is 0. The number of halogens is 1. The van der Waals surface area contributed by atoms with Crippen molar-refractivity contribution in [2.75, 3.05) is 16.0 Å². The number of amides is 2. The van der Waals surface area contributed by atoms with E-state index in [1.807, 2.05) is 12.1 Å². The highest BCUT2D eigenvalue weighted by Gasteiger charge is 2.43. The van der Waals surface area contributed by atoms with Crippen LogP contribution in [0.1, 0.15) is 19.7 Å². The first-order valence-corrected chi connectivity index (χ1v) is 10.8. The van der Waals surface area contributed by atoms with Crippen molar-refractivity contribution in [1.29, 1.82) is 0 Å². The Kier molecular flexibility index (Phi) is 5.88. The minimum atomic E-state index is -1.03. The number of anilines is 2.